The predicted octanol–water partition coefficient (Wildman–Crippen LogP) is 5.47. The van der Waals surface area contributed by atoms with E-state index in [1.807, 2.05) is 0 Å². The Balaban J connectivity index is 1.75. The molecule has 0 spiro atoms. The molecule has 0 radical (unpaired) electrons. The van der Waals surface area contributed by atoms with Crippen molar-refractivity contribution in [1.29, 1.82) is 0 Å². The van der Waals surface area contributed by atoms with Crippen LogP contribution in [0.4, 0.5) is 23.7 Å². The number of ether oxygens (including phenoxy) is 2. The maximum absolute atomic E-state index is 12.7. The fourth-order valence-electron chi connectivity index (χ4n) is 3.66. The Kier molecular flexibility index (Phi) is 7.17. The van der Waals surface area contributed by atoms with E-state index in [1.165, 1.54) is 23.1 Å². The van der Waals surface area contributed by atoms with Crippen LogP contribution in [0.2, 0.25) is 5.02 Å². The summed E-state index contributed by atoms with van der Waals surface area (Å²) >= 11 is 6.35. The van der Waals surface area contributed by atoms with E-state index < -0.39 is 12.5 Å². The Hall–Kier alpha value is -2.65. The number of amides is 1. The summed E-state index contributed by atoms with van der Waals surface area (Å²) in [5, 5.41) is 12.8. The Morgan fingerprint density at radius 3 is 2.65 bits per heavy atom. The van der Waals surface area contributed by atoms with E-state index in [0.717, 1.165) is 0 Å². The Bertz CT molecular complexity index is 926. The molecule has 1 aliphatic rings. The van der Waals surface area contributed by atoms with E-state index in [4.69, 9.17) is 16.3 Å². The van der Waals surface area contributed by atoms with Gasteiger partial charge in [0.15, 0.2) is 0 Å². The van der Waals surface area contributed by atoms with Crippen LogP contribution in [0.15, 0.2) is 42.5 Å². The van der Waals surface area contributed by atoms with Crippen molar-refractivity contribution >= 4 is 23.4 Å². The van der Waals surface area contributed by atoms with Crippen molar-refractivity contribution < 1.29 is 32.5 Å². The number of carbonyl (C=O) groups is 1. The molecule has 6 nitrogen and oxygen atoms in total. The first-order chi connectivity index (χ1) is 14.7. The summed E-state index contributed by atoms with van der Waals surface area (Å²) in [7, 11) is 1.60. The van der Waals surface area contributed by atoms with Crippen molar-refractivity contribution in [3.63, 3.8) is 0 Å². The molecule has 0 unspecified atom stereocenters. The van der Waals surface area contributed by atoms with E-state index in [9.17, 15) is 23.1 Å². The number of alkyl halides is 3. The third-order valence-electron chi connectivity index (χ3n) is 5.16. The average molecular weight is 459 g/mol. The number of likely N-dealkylation sites (tertiary alicyclic amines) is 1. The second kappa shape index (κ2) is 9.65. The van der Waals surface area contributed by atoms with Gasteiger partial charge in [0.05, 0.1) is 17.2 Å². The summed E-state index contributed by atoms with van der Waals surface area (Å²) in [4.78, 5) is 12.9. The van der Waals surface area contributed by atoms with E-state index in [0.29, 0.717) is 37.2 Å². The number of carboxylic acid groups (broad SMARTS) is 1. The van der Waals surface area contributed by atoms with Gasteiger partial charge in [0.25, 0.3) is 0 Å². The van der Waals surface area contributed by atoms with Crippen LogP contribution in [0.25, 0.3) is 11.1 Å². The number of halogens is 4. The fraction of sp³-hybridized carbons (Fsp3) is 0.381. The second-order valence-electron chi connectivity index (χ2n) is 7.13. The van der Waals surface area contributed by atoms with Crippen molar-refractivity contribution in [2.75, 3.05) is 25.5 Å². The van der Waals surface area contributed by atoms with Gasteiger partial charge in [-0.2, -0.15) is 0 Å². The smallest absolute Gasteiger partial charge is 0.465 e. The molecule has 0 aliphatic carbocycles. The molecular formula is C21H22ClF3N2O4. The van der Waals surface area contributed by atoms with Crippen LogP contribution in [-0.2, 0) is 4.74 Å². The molecule has 168 valence electrons. The van der Waals surface area contributed by atoms with Gasteiger partial charge in [0.2, 0.25) is 0 Å². The summed E-state index contributed by atoms with van der Waals surface area (Å²) in [5.74, 6) is -0.345. The second-order valence-corrected chi connectivity index (χ2v) is 7.54. The highest BCUT2D eigenvalue weighted by atomic mass is 35.5. The molecule has 0 bridgehead atoms. The zero-order valence-corrected chi connectivity index (χ0v) is 17.4. The fourth-order valence-corrected chi connectivity index (χ4v) is 3.94. The topological polar surface area (TPSA) is 71.0 Å². The number of hydrogen-bond acceptors (Lipinski definition) is 4. The van der Waals surface area contributed by atoms with Gasteiger partial charge in [-0.1, -0.05) is 35.9 Å². The molecule has 10 heteroatoms. The summed E-state index contributed by atoms with van der Waals surface area (Å²) in [5.41, 5.74) is 1.22. The molecule has 1 amide bonds. The van der Waals surface area contributed by atoms with Gasteiger partial charge in [-0.15, -0.1) is 13.2 Å². The van der Waals surface area contributed by atoms with E-state index in [2.05, 4.69) is 10.1 Å². The van der Waals surface area contributed by atoms with Crippen LogP contribution in [0.5, 0.6) is 5.75 Å². The molecule has 2 N–H and O–H groups in total. The van der Waals surface area contributed by atoms with Crippen LogP contribution >= 0.6 is 11.6 Å². The zero-order chi connectivity index (χ0) is 22.6. The lowest BCUT2D eigenvalue weighted by Crippen LogP contribution is -2.50. The number of anilines is 1. The molecule has 0 aromatic heterocycles. The largest absolute Gasteiger partial charge is 0.573 e. The van der Waals surface area contributed by atoms with Gasteiger partial charge in [0.1, 0.15) is 5.75 Å². The normalized spacial score (nSPS) is 19.2. The minimum atomic E-state index is -4.82. The van der Waals surface area contributed by atoms with Crippen molar-refractivity contribution in [3.05, 3.63) is 47.5 Å². The Labute approximate surface area is 182 Å². The number of methoxy groups -OCH3 is 1. The molecule has 2 atom stereocenters. The van der Waals surface area contributed by atoms with Gasteiger partial charge >= 0.3 is 12.5 Å². The van der Waals surface area contributed by atoms with Crippen LogP contribution in [-0.4, -0.2) is 54.8 Å². The first kappa shape index (κ1) is 23.0. The monoisotopic (exact) mass is 458 g/mol. The number of nitrogens with zero attached hydrogens (tertiary/aromatic N) is 1. The lowest BCUT2D eigenvalue weighted by Gasteiger charge is -2.37. The van der Waals surface area contributed by atoms with Crippen LogP contribution < -0.4 is 10.1 Å². The first-order valence-electron chi connectivity index (χ1n) is 9.59. The highest BCUT2D eigenvalue weighted by Crippen LogP contribution is 2.38. The van der Waals surface area contributed by atoms with Gasteiger partial charge in [-0.05, 0) is 31.0 Å². The van der Waals surface area contributed by atoms with Crippen LogP contribution in [0, 0.1) is 0 Å². The third-order valence-corrected chi connectivity index (χ3v) is 5.47. The Morgan fingerprint density at radius 2 is 2.00 bits per heavy atom. The average Bonchev–Trinajstić information content (AvgIpc) is 2.71. The molecule has 3 rings (SSSR count). The molecule has 2 aromatic carbocycles. The summed E-state index contributed by atoms with van der Waals surface area (Å²) in [6.45, 7) is 0.728. The van der Waals surface area contributed by atoms with Crippen molar-refractivity contribution in [1.82, 2.24) is 4.90 Å². The number of piperidine rings is 1. The van der Waals surface area contributed by atoms with E-state index >= 15 is 0 Å². The van der Waals surface area contributed by atoms with Crippen molar-refractivity contribution in [2.45, 2.75) is 31.3 Å². The van der Waals surface area contributed by atoms with Crippen molar-refractivity contribution in [3.8, 4) is 16.9 Å². The van der Waals surface area contributed by atoms with E-state index in [1.54, 1.807) is 31.4 Å². The maximum Gasteiger partial charge on any atom is 0.573 e. The molecule has 1 heterocycles. The van der Waals surface area contributed by atoms with E-state index in [-0.39, 0.29) is 28.5 Å². The number of benzene rings is 2. The maximum atomic E-state index is 12.7. The summed E-state index contributed by atoms with van der Waals surface area (Å²) in [6, 6.07) is 10.3. The third kappa shape index (κ3) is 5.95. The lowest BCUT2D eigenvalue weighted by atomic mass is 9.99. The molecule has 1 saturated heterocycles. The molecule has 1 aliphatic heterocycles. The zero-order valence-electron chi connectivity index (χ0n) is 16.7. The van der Waals surface area contributed by atoms with Gasteiger partial charge < -0.3 is 24.8 Å². The minimum Gasteiger partial charge on any atom is -0.465 e. The quantitative estimate of drug-likeness (QED) is 0.600. The lowest BCUT2D eigenvalue weighted by molar-refractivity contribution is -0.274. The van der Waals surface area contributed by atoms with Crippen LogP contribution in [0.3, 0.4) is 0 Å². The molecule has 31 heavy (non-hydrogen) atoms. The Morgan fingerprint density at radius 1 is 1.26 bits per heavy atom. The number of rotatable bonds is 6. The minimum absolute atomic E-state index is 0.0153. The highest BCUT2D eigenvalue weighted by Gasteiger charge is 2.33. The summed E-state index contributed by atoms with van der Waals surface area (Å²) in [6.07, 6.45) is -4.63. The van der Waals surface area contributed by atoms with Crippen LogP contribution in [0.1, 0.15) is 12.8 Å². The van der Waals surface area contributed by atoms with Gasteiger partial charge in [0, 0.05) is 37.0 Å². The number of para-hydroxylation sites is 1. The summed E-state index contributed by atoms with van der Waals surface area (Å²) < 4.78 is 47.6. The number of hydrogen-bond donors (Lipinski definition) is 2. The van der Waals surface area contributed by atoms with Crippen molar-refractivity contribution in [2.24, 2.45) is 0 Å². The molecule has 0 saturated carbocycles. The first-order valence-corrected chi connectivity index (χ1v) is 9.96. The molecule has 2 aromatic rings. The van der Waals surface area contributed by atoms with Gasteiger partial charge in [-0.25, -0.2) is 4.79 Å². The predicted molar refractivity (Wildman–Crippen MR) is 111 cm³/mol. The molecule has 1 fully saturated rings. The highest BCUT2D eigenvalue weighted by molar-refractivity contribution is 6.33. The standard InChI is InChI=1S/C21H22ClF3N2O4/c1-30-15-8-9-27(20(28)29)14(11-15)12-26-13-6-7-16(18(22)10-13)17-4-2-3-5-19(17)31-21(23,24)25/h2-7,10,14-15,26H,8-9,11-12H2,1H3,(H,28,29)/t14-,15-/m1/s1. The van der Waals surface area contributed by atoms with Gasteiger partial charge in [-0.3, -0.25) is 0 Å². The SMILES string of the molecule is CO[C@@H]1CCN(C(=O)O)[C@@H](CNc2ccc(-c3ccccc3OC(F)(F)F)c(Cl)c2)C1. The molecular weight excluding hydrogens is 437 g/mol. The number of nitrogens with one attached hydrogen (secondary N) is 1.